The summed E-state index contributed by atoms with van der Waals surface area (Å²) in [5.74, 6) is 0.353. The van der Waals surface area contributed by atoms with Gasteiger partial charge in [-0.3, -0.25) is 4.90 Å². The summed E-state index contributed by atoms with van der Waals surface area (Å²) >= 11 is 0. The number of aromatic hydroxyl groups is 1. The van der Waals surface area contributed by atoms with Gasteiger partial charge in [-0.25, -0.2) is 0 Å². The van der Waals surface area contributed by atoms with E-state index >= 15 is 0 Å². The lowest BCUT2D eigenvalue weighted by Gasteiger charge is -2.13. The quantitative estimate of drug-likeness (QED) is 0.858. The predicted octanol–water partition coefficient (Wildman–Crippen LogP) is 2.48. The number of hydrogen-bond donors (Lipinski definition) is 1. The van der Waals surface area contributed by atoms with E-state index in [2.05, 4.69) is 22.7 Å². The maximum absolute atomic E-state index is 9.60. The Hall–Kier alpha value is -1.48. The molecule has 3 nitrogen and oxygen atoms in total. The van der Waals surface area contributed by atoms with Crippen LogP contribution in [0, 0.1) is 0 Å². The molecule has 1 aromatic heterocycles. The zero-order chi connectivity index (χ0) is 11.8. The smallest absolute Gasteiger partial charge is 0.116 e. The first kappa shape index (κ1) is 10.7. The van der Waals surface area contributed by atoms with E-state index in [0.717, 1.165) is 6.54 Å². The second kappa shape index (κ2) is 4.08. The molecule has 0 saturated carbocycles. The van der Waals surface area contributed by atoms with E-state index in [1.165, 1.54) is 42.4 Å². The average molecular weight is 230 g/mol. The van der Waals surface area contributed by atoms with Crippen LogP contribution in [0.3, 0.4) is 0 Å². The number of aryl methyl sites for hydroxylation is 1. The molecule has 17 heavy (non-hydrogen) atoms. The Labute approximate surface area is 101 Å². The largest absolute Gasteiger partial charge is 0.508 e. The molecule has 2 heterocycles. The minimum Gasteiger partial charge on any atom is -0.508 e. The number of nitrogens with zero attached hydrogens (tertiary/aromatic N) is 2. The zero-order valence-corrected chi connectivity index (χ0v) is 10.2. The van der Waals surface area contributed by atoms with Crippen LogP contribution in [0.15, 0.2) is 24.4 Å². The minimum atomic E-state index is 0.353. The molecule has 1 fully saturated rings. The van der Waals surface area contributed by atoms with Gasteiger partial charge in [-0.1, -0.05) is 0 Å². The van der Waals surface area contributed by atoms with E-state index in [1.54, 1.807) is 6.07 Å². The van der Waals surface area contributed by atoms with E-state index < -0.39 is 0 Å². The van der Waals surface area contributed by atoms with E-state index in [9.17, 15) is 5.11 Å². The number of hydrogen-bond acceptors (Lipinski definition) is 2. The molecule has 0 bridgehead atoms. The number of aromatic nitrogens is 1. The molecule has 0 aliphatic carbocycles. The van der Waals surface area contributed by atoms with Gasteiger partial charge in [-0.05, 0) is 49.7 Å². The van der Waals surface area contributed by atoms with Crippen molar-refractivity contribution in [1.82, 2.24) is 9.47 Å². The lowest BCUT2D eigenvalue weighted by molar-refractivity contribution is 0.332. The third-order valence-electron chi connectivity index (χ3n) is 3.65. The molecule has 3 heteroatoms. The Morgan fingerprint density at radius 2 is 2.00 bits per heavy atom. The fourth-order valence-electron chi connectivity index (χ4n) is 2.77. The molecule has 1 saturated heterocycles. The molecule has 0 atom stereocenters. The molecular formula is C14H18N2O. The van der Waals surface area contributed by atoms with Gasteiger partial charge in [0, 0.05) is 30.7 Å². The van der Waals surface area contributed by atoms with Gasteiger partial charge >= 0.3 is 0 Å². The fourth-order valence-corrected chi connectivity index (χ4v) is 2.77. The Balaban J connectivity index is 2.00. The van der Waals surface area contributed by atoms with Crippen molar-refractivity contribution in [2.24, 2.45) is 7.05 Å². The molecular weight excluding hydrogens is 212 g/mol. The van der Waals surface area contributed by atoms with Gasteiger partial charge in [0.25, 0.3) is 0 Å². The molecule has 3 rings (SSSR count). The third-order valence-corrected chi connectivity index (χ3v) is 3.65. The molecule has 0 amide bonds. The van der Waals surface area contributed by atoms with Gasteiger partial charge in [0.05, 0.1) is 0 Å². The monoisotopic (exact) mass is 230 g/mol. The first-order valence-corrected chi connectivity index (χ1v) is 6.23. The SMILES string of the molecule is Cn1cc(CN2CCCC2)c2cc(O)ccc21. The van der Waals surface area contributed by atoms with Crippen LogP contribution in [-0.2, 0) is 13.6 Å². The topological polar surface area (TPSA) is 28.4 Å². The van der Waals surface area contributed by atoms with Gasteiger partial charge in [-0.2, -0.15) is 0 Å². The molecule has 90 valence electrons. The lowest BCUT2D eigenvalue weighted by atomic mass is 10.1. The van der Waals surface area contributed by atoms with Crippen molar-refractivity contribution < 1.29 is 5.11 Å². The normalized spacial score (nSPS) is 17.0. The molecule has 0 spiro atoms. The van der Waals surface area contributed by atoms with E-state index in [0.29, 0.717) is 5.75 Å². The molecule has 1 aliphatic rings. The van der Waals surface area contributed by atoms with Gasteiger partial charge in [0.1, 0.15) is 5.75 Å². The van der Waals surface area contributed by atoms with Crippen LogP contribution in [0.4, 0.5) is 0 Å². The number of phenols is 1. The summed E-state index contributed by atoms with van der Waals surface area (Å²) in [5.41, 5.74) is 2.51. The summed E-state index contributed by atoms with van der Waals surface area (Å²) in [4.78, 5) is 2.48. The van der Waals surface area contributed by atoms with Crippen LogP contribution < -0.4 is 0 Å². The highest BCUT2D eigenvalue weighted by molar-refractivity contribution is 5.85. The lowest BCUT2D eigenvalue weighted by Crippen LogP contribution is -2.18. The number of rotatable bonds is 2. The highest BCUT2D eigenvalue weighted by Crippen LogP contribution is 2.26. The fraction of sp³-hybridized carbons (Fsp3) is 0.429. The number of likely N-dealkylation sites (tertiary alicyclic amines) is 1. The van der Waals surface area contributed by atoms with Crippen molar-refractivity contribution in [2.45, 2.75) is 19.4 Å². The van der Waals surface area contributed by atoms with E-state index in [1.807, 2.05) is 12.1 Å². The summed E-state index contributed by atoms with van der Waals surface area (Å²) in [6.07, 6.45) is 4.81. The average Bonchev–Trinajstić information content (AvgIpc) is 2.89. The number of fused-ring (bicyclic) bond motifs is 1. The van der Waals surface area contributed by atoms with E-state index in [-0.39, 0.29) is 0 Å². The Morgan fingerprint density at radius 3 is 2.76 bits per heavy atom. The van der Waals surface area contributed by atoms with Crippen LogP contribution in [0.2, 0.25) is 0 Å². The highest BCUT2D eigenvalue weighted by atomic mass is 16.3. The first-order valence-electron chi connectivity index (χ1n) is 6.23. The Bertz CT molecular complexity index is 538. The van der Waals surface area contributed by atoms with Gasteiger partial charge in [0.2, 0.25) is 0 Å². The summed E-state index contributed by atoms with van der Waals surface area (Å²) < 4.78 is 2.14. The summed E-state index contributed by atoms with van der Waals surface area (Å²) in [6.45, 7) is 3.41. The van der Waals surface area contributed by atoms with Crippen LogP contribution >= 0.6 is 0 Å². The van der Waals surface area contributed by atoms with Crippen molar-refractivity contribution in [2.75, 3.05) is 13.1 Å². The molecule has 1 N–H and O–H groups in total. The standard InChI is InChI=1S/C14H18N2O/c1-15-9-11(10-16-6-2-3-7-16)13-8-12(17)4-5-14(13)15/h4-5,8-9,17H,2-3,6-7,10H2,1H3. The van der Waals surface area contributed by atoms with Gasteiger partial charge in [-0.15, -0.1) is 0 Å². The van der Waals surface area contributed by atoms with Crippen molar-refractivity contribution in [3.05, 3.63) is 30.0 Å². The zero-order valence-electron chi connectivity index (χ0n) is 10.2. The third kappa shape index (κ3) is 1.91. The predicted molar refractivity (Wildman–Crippen MR) is 69.1 cm³/mol. The van der Waals surface area contributed by atoms with Crippen molar-refractivity contribution in [3.8, 4) is 5.75 Å². The molecule has 0 radical (unpaired) electrons. The maximum atomic E-state index is 9.60. The molecule has 2 aromatic rings. The Kier molecular flexibility index (Phi) is 2.56. The van der Waals surface area contributed by atoms with Crippen LogP contribution in [0.5, 0.6) is 5.75 Å². The maximum Gasteiger partial charge on any atom is 0.116 e. The highest BCUT2D eigenvalue weighted by Gasteiger charge is 2.15. The van der Waals surface area contributed by atoms with Crippen molar-refractivity contribution >= 4 is 10.9 Å². The minimum absolute atomic E-state index is 0.353. The Morgan fingerprint density at radius 1 is 1.24 bits per heavy atom. The van der Waals surface area contributed by atoms with Gasteiger partial charge < -0.3 is 9.67 Å². The first-order chi connectivity index (χ1) is 8.24. The van der Waals surface area contributed by atoms with Crippen molar-refractivity contribution in [1.29, 1.82) is 0 Å². The van der Waals surface area contributed by atoms with Crippen molar-refractivity contribution in [3.63, 3.8) is 0 Å². The number of benzene rings is 1. The van der Waals surface area contributed by atoms with Gasteiger partial charge in [0.15, 0.2) is 0 Å². The summed E-state index contributed by atoms with van der Waals surface area (Å²) in [6, 6.07) is 5.61. The number of phenolic OH excluding ortho intramolecular Hbond substituents is 1. The second-order valence-corrected chi connectivity index (χ2v) is 4.95. The summed E-state index contributed by atoms with van der Waals surface area (Å²) in [5, 5.41) is 10.8. The van der Waals surface area contributed by atoms with Crippen LogP contribution in [-0.4, -0.2) is 27.7 Å². The van der Waals surface area contributed by atoms with E-state index in [4.69, 9.17) is 0 Å². The summed E-state index contributed by atoms with van der Waals surface area (Å²) in [7, 11) is 2.06. The second-order valence-electron chi connectivity index (χ2n) is 4.95. The molecule has 0 unspecified atom stereocenters. The molecule has 1 aromatic carbocycles. The van der Waals surface area contributed by atoms with Crippen LogP contribution in [0.25, 0.3) is 10.9 Å². The van der Waals surface area contributed by atoms with Crippen LogP contribution in [0.1, 0.15) is 18.4 Å². The molecule has 1 aliphatic heterocycles.